The van der Waals surface area contributed by atoms with E-state index in [1.165, 1.54) is 19.3 Å². The molecular weight excluding hydrogens is 202 g/mol. The van der Waals surface area contributed by atoms with E-state index in [1.54, 1.807) is 0 Å². The number of rotatable bonds is 2. The molecule has 92 valence electrons. The molecule has 1 saturated carbocycles. The van der Waals surface area contributed by atoms with Crippen LogP contribution in [0.25, 0.3) is 0 Å². The van der Waals surface area contributed by atoms with Crippen LogP contribution in [0, 0.1) is 5.92 Å². The van der Waals surface area contributed by atoms with Gasteiger partial charge in [0.1, 0.15) is 5.54 Å². The van der Waals surface area contributed by atoms with E-state index in [0.29, 0.717) is 6.04 Å². The Balaban J connectivity index is 2.13. The van der Waals surface area contributed by atoms with Gasteiger partial charge in [-0.1, -0.05) is 6.92 Å². The monoisotopic (exact) mass is 225 g/mol. The molecule has 0 aromatic heterocycles. The third-order valence-electron chi connectivity index (χ3n) is 4.52. The van der Waals surface area contributed by atoms with Gasteiger partial charge in [-0.05, 0) is 57.9 Å². The maximum Gasteiger partial charge on any atom is 0.323 e. The van der Waals surface area contributed by atoms with Gasteiger partial charge in [0.25, 0.3) is 0 Å². The number of hydrogen-bond acceptors (Lipinski definition) is 2. The smallest absolute Gasteiger partial charge is 0.323 e. The summed E-state index contributed by atoms with van der Waals surface area (Å²) in [5, 5.41) is 9.45. The van der Waals surface area contributed by atoms with Crippen LogP contribution in [0.3, 0.4) is 0 Å². The molecule has 2 aliphatic rings. The maximum absolute atomic E-state index is 11.5. The topological polar surface area (TPSA) is 40.5 Å². The summed E-state index contributed by atoms with van der Waals surface area (Å²) in [6, 6.07) is 0.511. The quantitative estimate of drug-likeness (QED) is 0.785. The molecule has 16 heavy (non-hydrogen) atoms. The highest BCUT2D eigenvalue weighted by Gasteiger charge is 2.45. The number of likely N-dealkylation sites (tertiary alicyclic amines) is 1. The maximum atomic E-state index is 11.5. The van der Waals surface area contributed by atoms with E-state index in [4.69, 9.17) is 0 Å². The molecule has 3 unspecified atom stereocenters. The van der Waals surface area contributed by atoms with Crippen LogP contribution in [0.2, 0.25) is 0 Å². The lowest BCUT2D eigenvalue weighted by atomic mass is 9.86. The molecule has 0 bridgehead atoms. The minimum atomic E-state index is -0.633. The number of hydrogen-bond donors (Lipinski definition) is 1. The Hall–Kier alpha value is -0.570. The van der Waals surface area contributed by atoms with Crippen LogP contribution in [0.1, 0.15) is 52.4 Å². The van der Waals surface area contributed by atoms with E-state index in [2.05, 4.69) is 11.8 Å². The van der Waals surface area contributed by atoms with E-state index in [1.807, 2.05) is 6.92 Å². The first-order valence-corrected chi connectivity index (χ1v) is 6.54. The normalized spacial score (nSPS) is 41.1. The summed E-state index contributed by atoms with van der Waals surface area (Å²) in [6.45, 7) is 5.17. The Bertz CT molecular complexity index is 279. The fourth-order valence-corrected chi connectivity index (χ4v) is 3.42. The molecule has 0 amide bonds. The molecule has 2 fully saturated rings. The SMILES string of the molecule is CC1CCC(N2CCCCC2(C)C(=O)O)C1. The third-order valence-corrected chi connectivity index (χ3v) is 4.52. The first-order valence-electron chi connectivity index (χ1n) is 6.54. The Kier molecular flexibility index (Phi) is 3.24. The summed E-state index contributed by atoms with van der Waals surface area (Å²) in [6.07, 6.45) is 6.66. The molecule has 2 rings (SSSR count). The molecule has 1 heterocycles. The molecule has 1 aliphatic carbocycles. The Morgan fingerprint density at radius 3 is 2.69 bits per heavy atom. The highest BCUT2D eigenvalue weighted by molar-refractivity contribution is 5.78. The van der Waals surface area contributed by atoms with Crippen molar-refractivity contribution in [1.29, 1.82) is 0 Å². The highest BCUT2D eigenvalue weighted by atomic mass is 16.4. The van der Waals surface area contributed by atoms with Crippen molar-refractivity contribution >= 4 is 5.97 Å². The Morgan fingerprint density at radius 1 is 1.38 bits per heavy atom. The molecule has 0 spiro atoms. The zero-order chi connectivity index (χ0) is 11.8. The summed E-state index contributed by atoms with van der Waals surface area (Å²) >= 11 is 0. The van der Waals surface area contributed by atoms with Crippen molar-refractivity contribution in [2.24, 2.45) is 5.92 Å². The van der Waals surface area contributed by atoms with E-state index < -0.39 is 11.5 Å². The van der Waals surface area contributed by atoms with Gasteiger partial charge in [-0.15, -0.1) is 0 Å². The minimum absolute atomic E-state index is 0.511. The van der Waals surface area contributed by atoms with Crippen LogP contribution in [-0.4, -0.2) is 34.1 Å². The Labute approximate surface area is 97.8 Å². The molecule has 1 N–H and O–H groups in total. The van der Waals surface area contributed by atoms with Crippen molar-refractivity contribution < 1.29 is 9.90 Å². The second-order valence-electron chi connectivity index (χ2n) is 5.80. The van der Waals surface area contributed by atoms with Gasteiger partial charge in [0.05, 0.1) is 0 Å². The summed E-state index contributed by atoms with van der Waals surface area (Å²) in [5.74, 6) is 0.136. The van der Waals surface area contributed by atoms with E-state index >= 15 is 0 Å². The zero-order valence-corrected chi connectivity index (χ0v) is 10.4. The largest absolute Gasteiger partial charge is 0.480 e. The molecule has 0 aromatic rings. The third kappa shape index (κ3) is 1.97. The first-order chi connectivity index (χ1) is 7.54. The van der Waals surface area contributed by atoms with Crippen LogP contribution in [0.4, 0.5) is 0 Å². The first kappa shape index (κ1) is 11.9. The minimum Gasteiger partial charge on any atom is -0.480 e. The van der Waals surface area contributed by atoms with Gasteiger partial charge >= 0.3 is 5.97 Å². The summed E-state index contributed by atoms with van der Waals surface area (Å²) in [4.78, 5) is 13.8. The lowest BCUT2D eigenvalue weighted by molar-refractivity contribution is -0.155. The second kappa shape index (κ2) is 4.36. The molecule has 3 heteroatoms. The zero-order valence-electron chi connectivity index (χ0n) is 10.4. The van der Waals surface area contributed by atoms with Gasteiger partial charge in [-0.25, -0.2) is 0 Å². The standard InChI is InChI=1S/C13H23NO2/c1-10-5-6-11(9-10)14-8-4-3-7-13(14,2)12(15)16/h10-11H,3-9H2,1-2H3,(H,15,16). The van der Waals surface area contributed by atoms with Crippen molar-refractivity contribution in [3.63, 3.8) is 0 Å². The van der Waals surface area contributed by atoms with E-state index in [9.17, 15) is 9.90 Å². The molecule has 1 saturated heterocycles. The summed E-state index contributed by atoms with van der Waals surface area (Å²) in [7, 11) is 0. The van der Waals surface area contributed by atoms with Gasteiger partial charge in [0, 0.05) is 6.04 Å². The van der Waals surface area contributed by atoms with E-state index in [-0.39, 0.29) is 0 Å². The van der Waals surface area contributed by atoms with Gasteiger partial charge in [0.2, 0.25) is 0 Å². The van der Waals surface area contributed by atoms with Gasteiger partial charge in [-0.3, -0.25) is 9.69 Å². The van der Waals surface area contributed by atoms with Crippen molar-refractivity contribution in [3.05, 3.63) is 0 Å². The van der Waals surface area contributed by atoms with Crippen molar-refractivity contribution in [3.8, 4) is 0 Å². The van der Waals surface area contributed by atoms with Crippen molar-refractivity contribution in [1.82, 2.24) is 4.90 Å². The molecule has 0 radical (unpaired) electrons. The number of carbonyl (C=O) groups is 1. The average Bonchev–Trinajstić information content (AvgIpc) is 2.65. The number of nitrogens with zero attached hydrogens (tertiary/aromatic N) is 1. The highest BCUT2D eigenvalue weighted by Crippen LogP contribution is 2.37. The number of aliphatic carboxylic acids is 1. The molecule has 3 atom stereocenters. The fourth-order valence-electron chi connectivity index (χ4n) is 3.42. The molecular formula is C13H23NO2. The predicted molar refractivity (Wildman–Crippen MR) is 63.4 cm³/mol. The summed E-state index contributed by atoms with van der Waals surface area (Å²) in [5.41, 5.74) is -0.604. The number of carboxylic acid groups (broad SMARTS) is 1. The second-order valence-corrected chi connectivity index (χ2v) is 5.80. The van der Waals surface area contributed by atoms with Gasteiger partial charge in [0.15, 0.2) is 0 Å². The van der Waals surface area contributed by atoms with Gasteiger partial charge in [-0.2, -0.15) is 0 Å². The Morgan fingerprint density at radius 2 is 2.12 bits per heavy atom. The van der Waals surface area contributed by atoms with Crippen LogP contribution < -0.4 is 0 Å². The van der Waals surface area contributed by atoms with Crippen LogP contribution in [0.15, 0.2) is 0 Å². The number of piperidine rings is 1. The van der Waals surface area contributed by atoms with Crippen molar-refractivity contribution in [2.75, 3.05) is 6.54 Å². The van der Waals surface area contributed by atoms with E-state index in [0.717, 1.165) is 31.7 Å². The van der Waals surface area contributed by atoms with Crippen LogP contribution in [0.5, 0.6) is 0 Å². The molecule has 1 aliphatic heterocycles. The van der Waals surface area contributed by atoms with Gasteiger partial charge < -0.3 is 5.11 Å². The molecule has 3 nitrogen and oxygen atoms in total. The van der Waals surface area contributed by atoms with Crippen molar-refractivity contribution in [2.45, 2.75) is 64.0 Å². The summed E-state index contributed by atoms with van der Waals surface area (Å²) < 4.78 is 0. The predicted octanol–water partition coefficient (Wildman–Crippen LogP) is 2.50. The van der Waals surface area contributed by atoms with Crippen LogP contribution in [-0.2, 0) is 4.79 Å². The lowest BCUT2D eigenvalue weighted by Crippen LogP contribution is -2.58. The average molecular weight is 225 g/mol. The lowest BCUT2D eigenvalue weighted by Gasteiger charge is -2.45. The molecule has 0 aromatic carbocycles. The number of carboxylic acids is 1. The fraction of sp³-hybridized carbons (Fsp3) is 0.923. The van der Waals surface area contributed by atoms with Crippen LogP contribution >= 0.6 is 0 Å².